The lowest BCUT2D eigenvalue weighted by molar-refractivity contribution is 0.0389. The molecule has 0 unspecified atom stereocenters. The van der Waals surface area contributed by atoms with Crippen molar-refractivity contribution >= 4 is 23.5 Å². The van der Waals surface area contributed by atoms with Crippen molar-refractivity contribution in [3.8, 4) is 5.69 Å². The first-order valence-electron chi connectivity index (χ1n) is 8.27. The van der Waals surface area contributed by atoms with E-state index in [4.69, 9.17) is 17.0 Å². The summed E-state index contributed by atoms with van der Waals surface area (Å²) in [4.78, 5) is 6.39. The predicted octanol–water partition coefficient (Wildman–Crippen LogP) is 1.00. The number of nitrogens with zero attached hydrogens (tertiary/aromatic N) is 4. The van der Waals surface area contributed by atoms with Gasteiger partial charge in [0, 0.05) is 44.3 Å². The second kappa shape index (κ2) is 9.26. The first kappa shape index (κ1) is 17.5. The van der Waals surface area contributed by atoms with Crippen LogP contribution in [0.5, 0.6) is 0 Å². The summed E-state index contributed by atoms with van der Waals surface area (Å²) < 4.78 is 7.28. The zero-order valence-corrected chi connectivity index (χ0v) is 14.8. The van der Waals surface area contributed by atoms with Gasteiger partial charge in [0.1, 0.15) is 0 Å². The Bertz CT molecular complexity index is 680. The van der Waals surface area contributed by atoms with Crippen molar-refractivity contribution in [2.24, 2.45) is 5.10 Å². The number of rotatable bonds is 6. The molecule has 2 heterocycles. The van der Waals surface area contributed by atoms with Gasteiger partial charge in [-0.15, -0.1) is 0 Å². The monoisotopic (exact) mass is 358 g/mol. The number of aromatic nitrogens is 2. The van der Waals surface area contributed by atoms with E-state index in [1.54, 1.807) is 18.7 Å². The van der Waals surface area contributed by atoms with Crippen LogP contribution in [0.1, 0.15) is 5.56 Å². The number of thiocarbonyl (C=S) groups is 1. The van der Waals surface area contributed by atoms with E-state index in [0.717, 1.165) is 50.6 Å². The van der Waals surface area contributed by atoms with E-state index in [2.05, 4.69) is 25.7 Å². The highest BCUT2D eigenvalue weighted by molar-refractivity contribution is 7.80. The van der Waals surface area contributed by atoms with Crippen LogP contribution in [0.3, 0.4) is 0 Å². The molecule has 1 aromatic heterocycles. The van der Waals surface area contributed by atoms with Crippen LogP contribution in [-0.4, -0.2) is 65.2 Å². The van der Waals surface area contributed by atoms with Crippen molar-refractivity contribution < 1.29 is 4.74 Å². The van der Waals surface area contributed by atoms with Crippen molar-refractivity contribution in [2.45, 2.75) is 0 Å². The maximum atomic E-state index is 5.33. The van der Waals surface area contributed by atoms with E-state index >= 15 is 0 Å². The van der Waals surface area contributed by atoms with Gasteiger partial charge in [-0.05, 0) is 29.9 Å². The zero-order valence-electron chi connectivity index (χ0n) is 14.0. The van der Waals surface area contributed by atoms with Gasteiger partial charge < -0.3 is 14.6 Å². The van der Waals surface area contributed by atoms with E-state index in [1.807, 2.05) is 35.0 Å². The third kappa shape index (κ3) is 5.63. The fraction of sp³-hybridized carbons (Fsp3) is 0.353. The van der Waals surface area contributed by atoms with Gasteiger partial charge in [-0.25, -0.2) is 4.98 Å². The average molecular weight is 358 g/mol. The molecule has 1 fully saturated rings. The van der Waals surface area contributed by atoms with Crippen molar-refractivity contribution in [1.29, 1.82) is 0 Å². The molecule has 1 aromatic carbocycles. The third-order valence-electron chi connectivity index (χ3n) is 3.89. The molecular weight excluding hydrogens is 336 g/mol. The van der Waals surface area contributed by atoms with Gasteiger partial charge >= 0.3 is 0 Å². The minimum absolute atomic E-state index is 0.527. The molecule has 3 rings (SSSR count). The largest absolute Gasteiger partial charge is 0.379 e. The Morgan fingerprint density at radius 1 is 1.28 bits per heavy atom. The van der Waals surface area contributed by atoms with Gasteiger partial charge in [0.2, 0.25) is 0 Å². The molecule has 25 heavy (non-hydrogen) atoms. The molecule has 2 N–H and O–H groups in total. The highest BCUT2D eigenvalue weighted by Gasteiger charge is 2.09. The Hall–Kier alpha value is -2.29. The van der Waals surface area contributed by atoms with Gasteiger partial charge in [-0.1, -0.05) is 12.1 Å². The smallest absolute Gasteiger partial charge is 0.187 e. The normalized spacial score (nSPS) is 15.4. The molecule has 0 saturated carbocycles. The maximum absolute atomic E-state index is 5.33. The second-order valence-corrected chi connectivity index (χ2v) is 6.05. The number of ether oxygens (including phenoxy) is 1. The van der Waals surface area contributed by atoms with Crippen molar-refractivity contribution in [3.63, 3.8) is 0 Å². The summed E-state index contributed by atoms with van der Waals surface area (Å²) in [7, 11) is 0. The lowest BCUT2D eigenvalue weighted by Crippen LogP contribution is -2.42. The Morgan fingerprint density at radius 2 is 2.08 bits per heavy atom. The van der Waals surface area contributed by atoms with Gasteiger partial charge in [0.25, 0.3) is 0 Å². The molecule has 1 aliphatic heterocycles. The molecule has 0 radical (unpaired) electrons. The quantitative estimate of drug-likeness (QED) is 0.456. The Labute approximate surface area is 152 Å². The third-order valence-corrected chi connectivity index (χ3v) is 4.13. The van der Waals surface area contributed by atoms with E-state index in [-0.39, 0.29) is 0 Å². The summed E-state index contributed by atoms with van der Waals surface area (Å²) in [5, 5.41) is 7.85. The van der Waals surface area contributed by atoms with E-state index < -0.39 is 0 Å². The lowest BCUT2D eigenvalue weighted by Gasteiger charge is -2.26. The minimum Gasteiger partial charge on any atom is -0.379 e. The van der Waals surface area contributed by atoms with Gasteiger partial charge in [-0.3, -0.25) is 10.3 Å². The predicted molar refractivity (Wildman–Crippen MR) is 102 cm³/mol. The molecule has 132 valence electrons. The summed E-state index contributed by atoms with van der Waals surface area (Å²) >= 11 is 5.22. The summed E-state index contributed by atoms with van der Waals surface area (Å²) in [6.07, 6.45) is 7.18. The van der Waals surface area contributed by atoms with Crippen LogP contribution in [0.4, 0.5) is 0 Å². The van der Waals surface area contributed by atoms with Crippen LogP contribution in [0, 0.1) is 0 Å². The zero-order chi connectivity index (χ0) is 17.3. The topological polar surface area (TPSA) is 66.7 Å². The van der Waals surface area contributed by atoms with Crippen LogP contribution < -0.4 is 10.7 Å². The summed E-state index contributed by atoms with van der Waals surface area (Å²) in [6, 6.07) is 8.02. The van der Waals surface area contributed by atoms with Crippen molar-refractivity contribution in [3.05, 3.63) is 48.5 Å². The number of morpholine rings is 1. The van der Waals surface area contributed by atoms with Gasteiger partial charge in [0.15, 0.2) is 5.11 Å². The first-order valence-corrected chi connectivity index (χ1v) is 8.67. The summed E-state index contributed by atoms with van der Waals surface area (Å²) in [6.45, 7) is 5.33. The SMILES string of the molecule is S=C(NCCN1CCOCC1)N/N=C/c1ccc(-n2ccnc2)cc1. The van der Waals surface area contributed by atoms with Crippen LogP contribution >= 0.6 is 12.2 Å². The number of hydrogen-bond acceptors (Lipinski definition) is 5. The molecule has 2 aromatic rings. The first-order chi connectivity index (χ1) is 12.3. The van der Waals surface area contributed by atoms with Crippen LogP contribution in [-0.2, 0) is 4.74 Å². The highest BCUT2D eigenvalue weighted by Crippen LogP contribution is 2.07. The van der Waals surface area contributed by atoms with Crippen LogP contribution in [0.2, 0.25) is 0 Å². The van der Waals surface area contributed by atoms with E-state index in [9.17, 15) is 0 Å². The highest BCUT2D eigenvalue weighted by atomic mass is 32.1. The Morgan fingerprint density at radius 3 is 2.80 bits per heavy atom. The van der Waals surface area contributed by atoms with Crippen molar-refractivity contribution in [2.75, 3.05) is 39.4 Å². The van der Waals surface area contributed by atoms with Crippen LogP contribution in [0.15, 0.2) is 48.1 Å². The summed E-state index contributed by atoms with van der Waals surface area (Å²) in [5.41, 5.74) is 4.89. The lowest BCUT2D eigenvalue weighted by atomic mass is 10.2. The Balaban J connectivity index is 1.37. The number of hydrazone groups is 1. The molecule has 1 saturated heterocycles. The Kier molecular flexibility index (Phi) is 6.49. The number of benzene rings is 1. The molecule has 1 aliphatic rings. The molecule has 7 nitrogen and oxygen atoms in total. The standard InChI is InChI=1S/C17H22N6OS/c25-17(19-6-7-22-9-11-24-12-10-22)21-20-13-15-1-3-16(4-2-15)23-8-5-18-14-23/h1-5,8,13-14H,6-7,9-12H2,(H2,19,21,25)/b20-13+. The molecule has 0 spiro atoms. The van der Waals surface area contributed by atoms with E-state index in [1.165, 1.54) is 0 Å². The fourth-order valence-corrected chi connectivity index (χ4v) is 2.66. The molecule has 0 aliphatic carbocycles. The molecule has 0 atom stereocenters. The van der Waals surface area contributed by atoms with E-state index in [0.29, 0.717) is 5.11 Å². The average Bonchev–Trinajstić information content (AvgIpc) is 3.18. The minimum atomic E-state index is 0.527. The number of imidazole rings is 1. The molecule has 0 bridgehead atoms. The second-order valence-electron chi connectivity index (χ2n) is 5.64. The summed E-state index contributed by atoms with van der Waals surface area (Å²) in [5.74, 6) is 0. The van der Waals surface area contributed by atoms with Gasteiger partial charge in [0.05, 0.1) is 25.8 Å². The van der Waals surface area contributed by atoms with Crippen molar-refractivity contribution in [1.82, 2.24) is 25.2 Å². The van der Waals surface area contributed by atoms with Gasteiger partial charge in [-0.2, -0.15) is 5.10 Å². The number of nitrogens with one attached hydrogen (secondary N) is 2. The maximum Gasteiger partial charge on any atom is 0.187 e. The molecule has 0 amide bonds. The molecule has 8 heteroatoms. The fourth-order valence-electron chi connectivity index (χ4n) is 2.50. The molecular formula is C17H22N6OS. The number of hydrogen-bond donors (Lipinski definition) is 2. The van der Waals surface area contributed by atoms with Crippen LogP contribution in [0.25, 0.3) is 5.69 Å².